The fourth-order valence-corrected chi connectivity index (χ4v) is 2.73. The van der Waals surface area contributed by atoms with Crippen LogP contribution in [0, 0.1) is 0 Å². The van der Waals surface area contributed by atoms with Crippen LogP contribution in [0.2, 0.25) is 0 Å². The minimum absolute atomic E-state index is 0.750. The highest BCUT2D eigenvalue weighted by molar-refractivity contribution is 4.84. The van der Waals surface area contributed by atoms with E-state index in [1.807, 2.05) is 0 Å². The standard InChI is InChI=1S/C11H22N2/c1-9-4-2-5-11(13-9)8-10-6-3-7-12-10/h9-13H,2-8H2,1H3. The molecule has 2 N–H and O–H groups in total. The van der Waals surface area contributed by atoms with Crippen LogP contribution in [0.4, 0.5) is 0 Å². The van der Waals surface area contributed by atoms with Crippen molar-refractivity contribution in [1.29, 1.82) is 0 Å². The van der Waals surface area contributed by atoms with E-state index in [1.54, 1.807) is 0 Å². The molecule has 0 saturated carbocycles. The third-order valence-corrected chi connectivity index (χ3v) is 3.44. The zero-order chi connectivity index (χ0) is 9.10. The Bertz CT molecular complexity index is 152. The summed E-state index contributed by atoms with van der Waals surface area (Å²) in [5.74, 6) is 0. The first kappa shape index (κ1) is 9.47. The van der Waals surface area contributed by atoms with Crippen LogP contribution in [-0.4, -0.2) is 24.7 Å². The minimum Gasteiger partial charge on any atom is -0.314 e. The van der Waals surface area contributed by atoms with E-state index in [4.69, 9.17) is 0 Å². The molecule has 0 bridgehead atoms. The van der Waals surface area contributed by atoms with Crippen molar-refractivity contribution in [3.8, 4) is 0 Å². The Hall–Kier alpha value is -0.0800. The first-order valence-corrected chi connectivity index (χ1v) is 5.84. The SMILES string of the molecule is CC1CCCC(CC2CCCN2)N1. The molecule has 0 aromatic rings. The van der Waals surface area contributed by atoms with Crippen LogP contribution in [0.5, 0.6) is 0 Å². The molecule has 2 saturated heterocycles. The fraction of sp³-hybridized carbons (Fsp3) is 1.00. The van der Waals surface area contributed by atoms with Gasteiger partial charge in [-0.3, -0.25) is 0 Å². The van der Waals surface area contributed by atoms with Crippen LogP contribution in [0.3, 0.4) is 0 Å². The second-order valence-electron chi connectivity index (χ2n) is 4.72. The van der Waals surface area contributed by atoms with E-state index in [9.17, 15) is 0 Å². The van der Waals surface area contributed by atoms with Gasteiger partial charge in [-0.25, -0.2) is 0 Å². The molecule has 2 heteroatoms. The van der Waals surface area contributed by atoms with E-state index in [2.05, 4.69) is 17.6 Å². The highest BCUT2D eigenvalue weighted by atomic mass is 15.0. The lowest BCUT2D eigenvalue weighted by Crippen LogP contribution is -2.43. The molecule has 0 amide bonds. The van der Waals surface area contributed by atoms with E-state index < -0.39 is 0 Å². The van der Waals surface area contributed by atoms with Crippen LogP contribution >= 0.6 is 0 Å². The molecule has 0 aromatic carbocycles. The molecular weight excluding hydrogens is 160 g/mol. The largest absolute Gasteiger partial charge is 0.314 e. The van der Waals surface area contributed by atoms with Crippen molar-refractivity contribution in [2.45, 2.75) is 63.6 Å². The Balaban J connectivity index is 1.73. The molecule has 2 aliphatic heterocycles. The normalized spacial score (nSPS) is 40.8. The van der Waals surface area contributed by atoms with E-state index >= 15 is 0 Å². The van der Waals surface area contributed by atoms with Gasteiger partial charge < -0.3 is 10.6 Å². The summed E-state index contributed by atoms with van der Waals surface area (Å²) in [5.41, 5.74) is 0. The molecule has 2 fully saturated rings. The average Bonchev–Trinajstić information content (AvgIpc) is 2.57. The van der Waals surface area contributed by atoms with E-state index in [-0.39, 0.29) is 0 Å². The van der Waals surface area contributed by atoms with Crippen LogP contribution in [0.1, 0.15) is 45.4 Å². The van der Waals surface area contributed by atoms with E-state index in [1.165, 1.54) is 45.1 Å². The summed E-state index contributed by atoms with van der Waals surface area (Å²) < 4.78 is 0. The monoisotopic (exact) mass is 182 g/mol. The van der Waals surface area contributed by atoms with Gasteiger partial charge in [0.1, 0.15) is 0 Å². The fourth-order valence-electron chi connectivity index (χ4n) is 2.73. The van der Waals surface area contributed by atoms with Crippen LogP contribution in [-0.2, 0) is 0 Å². The molecular formula is C11H22N2. The summed E-state index contributed by atoms with van der Waals surface area (Å²) in [6, 6.07) is 2.35. The maximum absolute atomic E-state index is 3.70. The molecule has 0 radical (unpaired) electrons. The molecule has 2 aliphatic rings. The van der Waals surface area contributed by atoms with Crippen LogP contribution < -0.4 is 10.6 Å². The third-order valence-electron chi connectivity index (χ3n) is 3.44. The number of piperidine rings is 1. The van der Waals surface area contributed by atoms with Gasteiger partial charge in [0, 0.05) is 18.1 Å². The Morgan fingerprint density at radius 3 is 2.62 bits per heavy atom. The quantitative estimate of drug-likeness (QED) is 0.678. The summed E-state index contributed by atoms with van der Waals surface area (Å²) >= 11 is 0. The van der Waals surface area contributed by atoms with Crippen molar-refractivity contribution in [2.24, 2.45) is 0 Å². The summed E-state index contributed by atoms with van der Waals surface area (Å²) in [4.78, 5) is 0. The molecule has 76 valence electrons. The van der Waals surface area contributed by atoms with Crippen molar-refractivity contribution >= 4 is 0 Å². The Labute approximate surface area is 81.5 Å². The van der Waals surface area contributed by atoms with Gasteiger partial charge in [0.25, 0.3) is 0 Å². The smallest absolute Gasteiger partial charge is 0.00843 e. The Kier molecular flexibility index (Phi) is 3.23. The topological polar surface area (TPSA) is 24.1 Å². The highest BCUT2D eigenvalue weighted by Crippen LogP contribution is 2.19. The molecule has 0 aromatic heterocycles. The molecule has 3 atom stereocenters. The van der Waals surface area contributed by atoms with Gasteiger partial charge in [-0.15, -0.1) is 0 Å². The summed E-state index contributed by atoms with van der Waals surface area (Å²) in [5, 5.41) is 7.28. The van der Waals surface area contributed by atoms with Crippen LogP contribution in [0.25, 0.3) is 0 Å². The zero-order valence-electron chi connectivity index (χ0n) is 8.68. The molecule has 0 aliphatic carbocycles. The third kappa shape index (κ3) is 2.68. The van der Waals surface area contributed by atoms with Gasteiger partial charge in [-0.1, -0.05) is 6.42 Å². The second kappa shape index (κ2) is 4.43. The average molecular weight is 182 g/mol. The first-order valence-electron chi connectivity index (χ1n) is 5.84. The lowest BCUT2D eigenvalue weighted by molar-refractivity contribution is 0.301. The number of hydrogen-bond acceptors (Lipinski definition) is 2. The van der Waals surface area contributed by atoms with Gasteiger partial charge in [0.2, 0.25) is 0 Å². The van der Waals surface area contributed by atoms with Gasteiger partial charge >= 0.3 is 0 Å². The Morgan fingerprint density at radius 1 is 1.08 bits per heavy atom. The molecule has 13 heavy (non-hydrogen) atoms. The summed E-state index contributed by atoms with van der Waals surface area (Å²) in [6.45, 7) is 3.56. The second-order valence-corrected chi connectivity index (χ2v) is 4.72. The molecule has 2 heterocycles. The van der Waals surface area contributed by atoms with Crippen molar-refractivity contribution in [3.05, 3.63) is 0 Å². The van der Waals surface area contributed by atoms with E-state index in [0.717, 1.165) is 18.1 Å². The van der Waals surface area contributed by atoms with Crippen LogP contribution in [0.15, 0.2) is 0 Å². The van der Waals surface area contributed by atoms with Gasteiger partial charge in [0.05, 0.1) is 0 Å². The number of nitrogens with one attached hydrogen (secondary N) is 2. The minimum atomic E-state index is 0.750. The summed E-state index contributed by atoms with van der Waals surface area (Å²) in [7, 11) is 0. The number of rotatable bonds is 2. The molecule has 0 spiro atoms. The molecule has 2 rings (SSSR count). The maximum atomic E-state index is 3.70. The van der Waals surface area contributed by atoms with Crippen molar-refractivity contribution < 1.29 is 0 Å². The van der Waals surface area contributed by atoms with Crippen molar-refractivity contribution in [3.63, 3.8) is 0 Å². The van der Waals surface area contributed by atoms with Crippen molar-refractivity contribution in [1.82, 2.24) is 10.6 Å². The molecule has 2 nitrogen and oxygen atoms in total. The maximum Gasteiger partial charge on any atom is 0.00843 e. The van der Waals surface area contributed by atoms with Gasteiger partial charge in [-0.05, 0) is 45.6 Å². The Morgan fingerprint density at radius 2 is 1.92 bits per heavy atom. The summed E-state index contributed by atoms with van der Waals surface area (Å²) in [6.07, 6.45) is 8.31. The first-order chi connectivity index (χ1) is 6.34. The van der Waals surface area contributed by atoms with Gasteiger partial charge in [0.15, 0.2) is 0 Å². The zero-order valence-corrected chi connectivity index (χ0v) is 8.68. The molecule has 3 unspecified atom stereocenters. The predicted octanol–water partition coefficient (Wildman–Crippen LogP) is 1.66. The lowest BCUT2D eigenvalue weighted by Gasteiger charge is -2.30. The van der Waals surface area contributed by atoms with E-state index in [0.29, 0.717) is 0 Å². The van der Waals surface area contributed by atoms with Crippen molar-refractivity contribution in [2.75, 3.05) is 6.54 Å². The number of hydrogen-bond donors (Lipinski definition) is 2. The van der Waals surface area contributed by atoms with Gasteiger partial charge in [-0.2, -0.15) is 0 Å². The highest BCUT2D eigenvalue weighted by Gasteiger charge is 2.22. The lowest BCUT2D eigenvalue weighted by atomic mass is 9.94. The predicted molar refractivity (Wildman–Crippen MR) is 55.9 cm³/mol.